The second kappa shape index (κ2) is 6.88. The molecular formula is C15H32N2O. The molecule has 1 saturated heterocycles. The first-order valence-corrected chi connectivity index (χ1v) is 7.53. The van der Waals surface area contributed by atoms with Crippen molar-refractivity contribution in [3.63, 3.8) is 0 Å². The minimum Gasteiger partial charge on any atom is -0.394 e. The van der Waals surface area contributed by atoms with E-state index in [-0.39, 0.29) is 12.1 Å². The molecule has 3 heteroatoms. The number of piperidine rings is 1. The molecule has 18 heavy (non-hydrogen) atoms. The first-order chi connectivity index (χ1) is 8.41. The summed E-state index contributed by atoms with van der Waals surface area (Å²) in [7, 11) is 0. The largest absolute Gasteiger partial charge is 0.394 e. The molecule has 0 bridgehead atoms. The van der Waals surface area contributed by atoms with Gasteiger partial charge < -0.3 is 10.4 Å². The van der Waals surface area contributed by atoms with E-state index in [1.807, 2.05) is 0 Å². The van der Waals surface area contributed by atoms with E-state index in [0.29, 0.717) is 12.1 Å². The van der Waals surface area contributed by atoms with Crippen molar-refractivity contribution in [3.05, 3.63) is 0 Å². The van der Waals surface area contributed by atoms with Crippen molar-refractivity contribution in [2.75, 3.05) is 19.7 Å². The molecule has 0 aromatic heterocycles. The fraction of sp³-hybridized carbons (Fsp3) is 1.00. The molecule has 4 unspecified atom stereocenters. The molecule has 1 aliphatic heterocycles. The number of aliphatic hydroxyl groups excluding tert-OH is 1. The van der Waals surface area contributed by atoms with Crippen LogP contribution in [0.25, 0.3) is 0 Å². The summed E-state index contributed by atoms with van der Waals surface area (Å²) in [5.74, 6) is 0.808. The second-order valence-electron chi connectivity index (χ2n) is 6.53. The Kier molecular flexibility index (Phi) is 6.09. The minimum atomic E-state index is -0.144. The number of likely N-dealkylation sites (tertiary alicyclic amines) is 1. The molecule has 1 heterocycles. The van der Waals surface area contributed by atoms with Gasteiger partial charge in [0, 0.05) is 24.2 Å². The first-order valence-electron chi connectivity index (χ1n) is 7.53. The van der Waals surface area contributed by atoms with Gasteiger partial charge in [0.05, 0.1) is 6.61 Å². The SMILES string of the molecule is CCNC(C)(CO)CC(C)N1CC(C)CCC1C. The molecule has 4 atom stereocenters. The average Bonchev–Trinajstić information content (AvgIpc) is 2.32. The zero-order valence-electron chi connectivity index (χ0n) is 12.9. The molecule has 0 saturated carbocycles. The van der Waals surface area contributed by atoms with Crippen LogP contribution in [-0.4, -0.2) is 47.3 Å². The second-order valence-corrected chi connectivity index (χ2v) is 6.53. The molecule has 0 spiro atoms. The standard InChI is InChI=1S/C15H32N2O/c1-6-16-15(5,11-18)9-14(4)17-10-12(2)7-8-13(17)3/h12-14,16,18H,6-11H2,1-5H3. The van der Waals surface area contributed by atoms with Crippen LogP contribution < -0.4 is 5.32 Å². The molecule has 0 aliphatic carbocycles. The Balaban J connectivity index is 2.59. The van der Waals surface area contributed by atoms with E-state index in [4.69, 9.17) is 0 Å². The number of hydrogen-bond acceptors (Lipinski definition) is 3. The van der Waals surface area contributed by atoms with Gasteiger partial charge in [-0.2, -0.15) is 0 Å². The lowest BCUT2D eigenvalue weighted by Crippen LogP contribution is -2.53. The zero-order valence-corrected chi connectivity index (χ0v) is 12.9. The van der Waals surface area contributed by atoms with E-state index in [9.17, 15) is 5.11 Å². The fourth-order valence-electron chi connectivity index (χ4n) is 3.33. The maximum atomic E-state index is 9.60. The van der Waals surface area contributed by atoms with Gasteiger partial charge in [0.1, 0.15) is 0 Å². The first kappa shape index (κ1) is 15.9. The quantitative estimate of drug-likeness (QED) is 0.765. The van der Waals surface area contributed by atoms with E-state index < -0.39 is 0 Å². The molecule has 0 aromatic rings. The van der Waals surface area contributed by atoms with Crippen LogP contribution in [0.3, 0.4) is 0 Å². The predicted octanol–water partition coefficient (Wildman–Crippen LogP) is 2.25. The Hall–Kier alpha value is -0.120. The Labute approximate surface area is 113 Å². The summed E-state index contributed by atoms with van der Waals surface area (Å²) < 4.78 is 0. The number of nitrogens with one attached hydrogen (secondary N) is 1. The van der Waals surface area contributed by atoms with Crippen LogP contribution in [-0.2, 0) is 0 Å². The van der Waals surface area contributed by atoms with Gasteiger partial charge in [-0.1, -0.05) is 13.8 Å². The van der Waals surface area contributed by atoms with Crippen LogP contribution in [0.4, 0.5) is 0 Å². The number of rotatable bonds is 6. The summed E-state index contributed by atoms with van der Waals surface area (Å²) in [4.78, 5) is 2.62. The Morgan fingerprint density at radius 2 is 2.06 bits per heavy atom. The highest BCUT2D eigenvalue weighted by Crippen LogP contribution is 2.26. The molecular weight excluding hydrogens is 224 g/mol. The summed E-state index contributed by atoms with van der Waals surface area (Å²) in [6.45, 7) is 13.6. The molecule has 0 radical (unpaired) electrons. The molecule has 0 aromatic carbocycles. The van der Waals surface area contributed by atoms with Crippen LogP contribution in [0.5, 0.6) is 0 Å². The lowest BCUT2D eigenvalue weighted by atomic mass is 9.89. The van der Waals surface area contributed by atoms with E-state index in [2.05, 4.69) is 44.8 Å². The van der Waals surface area contributed by atoms with Gasteiger partial charge >= 0.3 is 0 Å². The van der Waals surface area contributed by atoms with Crippen molar-refractivity contribution < 1.29 is 5.11 Å². The summed E-state index contributed by atoms with van der Waals surface area (Å²) in [6.07, 6.45) is 3.67. The number of nitrogens with zero attached hydrogens (tertiary/aromatic N) is 1. The lowest BCUT2D eigenvalue weighted by Gasteiger charge is -2.43. The van der Waals surface area contributed by atoms with Crippen molar-refractivity contribution in [3.8, 4) is 0 Å². The van der Waals surface area contributed by atoms with Gasteiger partial charge in [0.25, 0.3) is 0 Å². The Bertz CT molecular complexity index is 247. The Morgan fingerprint density at radius 3 is 2.61 bits per heavy atom. The molecule has 1 aliphatic rings. The Morgan fingerprint density at radius 1 is 1.39 bits per heavy atom. The van der Waals surface area contributed by atoms with E-state index in [1.54, 1.807) is 0 Å². The smallest absolute Gasteiger partial charge is 0.0611 e. The minimum absolute atomic E-state index is 0.144. The number of likely N-dealkylation sites (N-methyl/N-ethyl adjacent to an activating group) is 1. The third-order valence-corrected chi connectivity index (χ3v) is 4.43. The zero-order chi connectivity index (χ0) is 13.8. The van der Waals surface area contributed by atoms with Crippen LogP contribution >= 0.6 is 0 Å². The maximum absolute atomic E-state index is 9.60. The molecule has 1 fully saturated rings. The third-order valence-electron chi connectivity index (χ3n) is 4.43. The van der Waals surface area contributed by atoms with Crippen molar-refractivity contribution in [2.24, 2.45) is 5.92 Å². The van der Waals surface area contributed by atoms with Crippen LogP contribution in [0, 0.1) is 5.92 Å². The van der Waals surface area contributed by atoms with Crippen LogP contribution in [0.2, 0.25) is 0 Å². The van der Waals surface area contributed by atoms with Gasteiger partial charge in [-0.15, -0.1) is 0 Å². The molecule has 2 N–H and O–H groups in total. The van der Waals surface area contributed by atoms with Crippen molar-refractivity contribution >= 4 is 0 Å². The third kappa shape index (κ3) is 4.22. The normalized spacial score (nSPS) is 31.0. The topological polar surface area (TPSA) is 35.5 Å². The van der Waals surface area contributed by atoms with Gasteiger partial charge in [0.15, 0.2) is 0 Å². The van der Waals surface area contributed by atoms with Crippen molar-refractivity contribution in [1.82, 2.24) is 10.2 Å². The predicted molar refractivity (Wildman–Crippen MR) is 77.8 cm³/mol. The molecule has 1 rings (SSSR count). The highest BCUT2D eigenvalue weighted by Gasteiger charge is 2.31. The summed E-state index contributed by atoms with van der Waals surface area (Å²) >= 11 is 0. The molecule has 0 amide bonds. The van der Waals surface area contributed by atoms with E-state index in [1.165, 1.54) is 19.4 Å². The monoisotopic (exact) mass is 256 g/mol. The highest BCUT2D eigenvalue weighted by molar-refractivity contribution is 4.89. The van der Waals surface area contributed by atoms with Gasteiger partial charge in [-0.3, -0.25) is 4.90 Å². The molecule has 3 nitrogen and oxygen atoms in total. The van der Waals surface area contributed by atoms with Gasteiger partial charge in [0.2, 0.25) is 0 Å². The van der Waals surface area contributed by atoms with Gasteiger partial charge in [-0.25, -0.2) is 0 Å². The fourth-order valence-corrected chi connectivity index (χ4v) is 3.33. The molecule has 108 valence electrons. The maximum Gasteiger partial charge on any atom is 0.0611 e. The number of hydrogen-bond donors (Lipinski definition) is 2. The van der Waals surface area contributed by atoms with Crippen LogP contribution in [0.1, 0.15) is 53.9 Å². The van der Waals surface area contributed by atoms with E-state index >= 15 is 0 Å². The average molecular weight is 256 g/mol. The summed E-state index contributed by atoms with van der Waals surface area (Å²) in [5.41, 5.74) is -0.144. The summed E-state index contributed by atoms with van der Waals surface area (Å²) in [6, 6.07) is 1.21. The van der Waals surface area contributed by atoms with Crippen molar-refractivity contribution in [1.29, 1.82) is 0 Å². The van der Waals surface area contributed by atoms with E-state index in [0.717, 1.165) is 18.9 Å². The lowest BCUT2D eigenvalue weighted by molar-refractivity contribution is 0.0542. The summed E-state index contributed by atoms with van der Waals surface area (Å²) in [5, 5.41) is 13.0. The van der Waals surface area contributed by atoms with Gasteiger partial charge in [-0.05, 0) is 52.5 Å². The highest BCUT2D eigenvalue weighted by atomic mass is 16.3. The van der Waals surface area contributed by atoms with Crippen molar-refractivity contribution in [2.45, 2.75) is 71.5 Å². The number of aliphatic hydroxyl groups is 1. The van der Waals surface area contributed by atoms with Crippen LogP contribution in [0.15, 0.2) is 0 Å².